The molecule has 1 N–H and O–H groups in total. The van der Waals surface area contributed by atoms with Gasteiger partial charge in [0.1, 0.15) is 0 Å². The fourth-order valence-electron chi connectivity index (χ4n) is 3.35. The number of anilines is 2. The van der Waals surface area contributed by atoms with Crippen LogP contribution in [0.4, 0.5) is 11.4 Å². The minimum Gasteiger partial charge on any atom is -0.375 e. The Balaban J connectivity index is 0.000000278. The Hall–Kier alpha value is -2.04. The van der Waals surface area contributed by atoms with E-state index in [9.17, 15) is 0 Å². The highest BCUT2D eigenvalue weighted by atomic mass is 15.3. The number of nitrogens with zero attached hydrogens (tertiary/aromatic N) is 3. The molecule has 0 bridgehead atoms. The minimum absolute atomic E-state index is 1.06. The molecule has 0 radical (unpaired) electrons. The molecule has 2 aromatic rings. The van der Waals surface area contributed by atoms with E-state index in [0.717, 1.165) is 26.2 Å². The lowest BCUT2D eigenvalue weighted by Crippen LogP contribution is -2.46. The third-order valence-corrected chi connectivity index (χ3v) is 5.83. The second-order valence-electron chi connectivity index (χ2n) is 8.27. The van der Waals surface area contributed by atoms with Gasteiger partial charge in [-0.15, -0.1) is 0 Å². The van der Waals surface area contributed by atoms with Crippen molar-refractivity contribution < 1.29 is 0 Å². The maximum atomic E-state index is 2.93. The van der Waals surface area contributed by atoms with Gasteiger partial charge in [-0.05, 0) is 77.2 Å². The fourth-order valence-corrected chi connectivity index (χ4v) is 3.35. The van der Waals surface area contributed by atoms with Crippen LogP contribution in [0.2, 0.25) is 0 Å². The van der Waals surface area contributed by atoms with Gasteiger partial charge in [0.2, 0.25) is 0 Å². The van der Waals surface area contributed by atoms with E-state index < -0.39 is 0 Å². The van der Waals surface area contributed by atoms with Crippen LogP contribution in [0.1, 0.15) is 37.5 Å². The second kappa shape index (κ2) is 14.9. The lowest BCUT2D eigenvalue weighted by Gasteiger charge is -2.36. The van der Waals surface area contributed by atoms with Gasteiger partial charge < -0.3 is 20.0 Å². The van der Waals surface area contributed by atoms with Gasteiger partial charge >= 0.3 is 0 Å². The first kappa shape index (κ1) is 27.0. The summed E-state index contributed by atoms with van der Waals surface area (Å²) in [5.74, 6) is 0. The Morgan fingerprint density at radius 2 is 1.39 bits per heavy atom. The number of nitrogens with one attached hydrogen (secondary N) is 1. The van der Waals surface area contributed by atoms with Gasteiger partial charge in [0.15, 0.2) is 0 Å². The number of likely N-dealkylation sites (N-methyl/N-ethyl adjacent to an activating group) is 1. The molecule has 1 saturated heterocycles. The van der Waals surface area contributed by atoms with E-state index in [4.69, 9.17) is 0 Å². The average molecular weight is 427 g/mol. The molecule has 3 rings (SSSR count). The predicted octanol–water partition coefficient (Wildman–Crippen LogP) is 5.12. The highest BCUT2D eigenvalue weighted by Crippen LogP contribution is 2.22. The highest BCUT2D eigenvalue weighted by molar-refractivity contribution is 5.55. The molecule has 0 aromatic heterocycles. The fraction of sp³-hybridized carbons (Fsp3) is 0.556. The Kier molecular flexibility index (Phi) is 13.0. The molecule has 1 aliphatic heterocycles. The third-order valence-electron chi connectivity index (χ3n) is 5.83. The van der Waals surface area contributed by atoms with Crippen molar-refractivity contribution in [2.24, 2.45) is 0 Å². The zero-order valence-electron chi connectivity index (χ0n) is 21.3. The van der Waals surface area contributed by atoms with Crippen molar-refractivity contribution in [2.75, 3.05) is 69.7 Å². The summed E-state index contributed by atoms with van der Waals surface area (Å²) in [5.41, 5.74) is 6.79. The Morgan fingerprint density at radius 3 is 1.87 bits per heavy atom. The highest BCUT2D eigenvalue weighted by Gasteiger charge is 2.16. The summed E-state index contributed by atoms with van der Waals surface area (Å²) in [5, 5.41) is 2.93. The molecule has 174 valence electrons. The molecule has 1 heterocycles. The zero-order valence-corrected chi connectivity index (χ0v) is 21.3. The molecule has 4 heteroatoms. The van der Waals surface area contributed by atoms with Crippen molar-refractivity contribution in [2.45, 2.75) is 41.5 Å². The normalized spacial score (nSPS) is 13.6. The molecule has 2 aromatic carbocycles. The largest absolute Gasteiger partial charge is 0.375 e. The molecule has 0 spiro atoms. The van der Waals surface area contributed by atoms with Crippen molar-refractivity contribution in [1.82, 2.24) is 10.2 Å². The van der Waals surface area contributed by atoms with Crippen LogP contribution in [0.5, 0.6) is 0 Å². The molecule has 0 unspecified atom stereocenters. The first-order valence-electron chi connectivity index (χ1n) is 11.8. The number of hydrogen-bond donors (Lipinski definition) is 1. The number of piperazine rings is 1. The van der Waals surface area contributed by atoms with Gasteiger partial charge in [-0.25, -0.2) is 0 Å². The number of hydrogen-bond acceptors (Lipinski definition) is 4. The summed E-state index contributed by atoms with van der Waals surface area (Å²) in [4.78, 5) is 7.26. The molecule has 0 amide bonds. The smallest absolute Gasteiger partial charge is 0.0399 e. The van der Waals surface area contributed by atoms with Gasteiger partial charge in [-0.2, -0.15) is 0 Å². The summed E-state index contributed by atoms with van der Waals surface area (Å²) in [6.45, 7) is 21.0. The summed E-state index contributed by atoms with van der Waals surface area (Å²) < 4.78 is 0. The molecule has 0 atom stereocenters. The average Bonchev–Trinajstić information content (AvgIpc) is 2.81. The number of aryl methyl sites for hydroxylation is 3. The SMILES string of the molecule is CCN(C)c1ccc(C)cc1.CCN1CCN(c2cc(C)ccc2C)CC1.CCNC. The Morgan fingerprint density at radius 1 is 0.839 bits per heavy atom. The quantitative estimate of drug-likeness (QED) is 0.716. The van der Waals surface area contributed by atoms with E-state index in [0.29, 0.717) is 0 Å². The van der Waals surface area contributed by atoms with Gasteiger partial charge in [0, 0.05) is 51.1 Å². The van der Waals surface area contributed by atoms with E-state index in [2.05, 4.69) is 111 Å². The van der Waals surface area contributed by atoms with Crippen LogP contribution < -0.4 is 15.1 Å². The van der Waals surface area contributed by atoms with Crippen LogP contribution in [0.15, 0.2) is 42.5 Å². The molecular formula is C27H46N4. The Bertz CT molecular complexity index is 717. The van der Waals surface area contributed by atoms with E-state index in [1.165, 1.54) is 47.7 Å². The molecule has 0 aliphatic carbocycles. The van der Waals surface area contributed by atoms with Gasteiger partial charge in [0.25, 0.3) is 0 Å². The van der Waals surface area contributed by atoms with Crippen molar-refractivity contribution in [3.05, 3.63) is 59.2 Å². The predicted molar refractivity (Wildman–Crippen MR) is 140 cm³/mol. The summed E-state index contributed by atoms with van der Waals surface area (Å²) in [6.07, 6.45) is 0. The van der Waals surface area contributed by atoms with Crippen molar-refractivity contribution >= 4 is 11.4 Å². The van der Waals surface area contributed by atoms with Crippen LogP contribution in [-0.2, 0) is 0 Å². The minimum atomic E-state index is 1.06. The maximum absolute atomic E-state index is 2.93. The van der Waals surface area contributed by atoms with Crippen LogP contribution in [-0.4, -0.2) is 64.8 Å². The van der Waals surface area contributed by atoms with Crippen molar-refractivity contribution in [1.29, 1.82) is 0 Å². The first-order chi connectivity index (χ1) is 14.9. The van der Waals surface area contributed by atoms with E-state index >= 15 is 0 Å². The maximum Gasteiger partial charge on any atom is 0.0399 e. The number of rotatable bonds is 5. The topological polar surface area (TPSA) is 21.8 Å². The summed E-state index contributed by atoms with van der Waals surface area (Å²) in [7, 11) is 4.03. The van der Waals surface area contributed by atoms with Crippen LogP contribution >= 0.6 is 0 Å². The molecular weight excluding hydrogens is 380 g/mol. The molecule has 0 saturated carbocycles. The first-order valence-corrected chi connectivity index (χ1v) is 11.8. The van der Waals surface area contributed by atoms with E-state index in [1.54, 1.807) is 0 Å². The molecule has 31 heavy (non-hydrogen) atoms. The van der Waals surface area contributed by atoms with E-state index in [1.807, 2.05) is 7.05 Å². The zero-order chi connectivity index (χ0) is 23.2. The van der Waals surface area contributed by atoms with Gasteiger partial charge in [0.05, 0.1) is 0 Å². The van der Waals surface area contributed by atoms with Gasteiger partial charge in [-0.3, -0.25) is 0 Å². The molecule has 4 nitrogen and oxygen atoms in total. The van der Waals surface area contributed by atoms with E-state index in [-0.39, 0.29) is 0 Å². The second-order valence-corrected chi connectivity index (χ2v) is 8.27. The molecule has 1 fully saturated rings. The van der Waals surface area contributed by atoms with Crippen molar-refractivity contribution in [3.8, 4) is 0 Å². The molecule has 1 aliphatic rings. The standard InChI is InChI=1S/C14H22N2.C10H15N.C3H9N/c1-4-15-7-9-16(10-8-15)14-11-12(2)5-6-13(14)3;1-4-11(3)10-7-5-9(2)6-8-10;1-3-4-2/h5-6,11H,4,7-10H2,1-3H3;5-8H,4H2,1-3H3;4H,3H2,1-2H3. The summed E-state index contributed by atoms with van der Waals surface area (Å²) >= 11 is 0. The third kappa shape index (κ3) is 9.75. The van der Waals surface area contributed by atoms with Gasteiger partial charge in [-0.1, -0.05) is 43.7 Å². The number of benzene rings is 2. The monoisotopic (exact) mass is 426 g/mol. The lowest BCUT2D eigenvalue weighted by molar-refractivity contribution is 0.271. The lowest BCUT2D eigenvalue weighted by atomic mass is 10.1. The van der Waals surface area contributed by atoms with Crippen molar-refractivity contribution in [3.63, 3.8) is 0 Å². The summed E-state index contributed by atoms with van der Waals surface area (Å²) in [6, 6.07) is 15.3. The van der Waals surface area contributed by atoms with Crippen LogP contribution in [0.3, 0.4) is 0 Å². The van der Waals surface area contributed by atoms with Crippen LogP contribution in [0, 0.1) is 20.8 Å². The Labute approximate surface area is 192 Å². The van der Waals surface area contributed by atoms with Crippen LogP contribution in [0.25, 0.3) is 0 Å².